The van der Waals surface area contributed by atoms with Crippen molar-refractivity contribution in [3.05, 3.63) is 0 Å². The molecule has 0 aliphatic heterocycles. The minimum atomic E-state index is -0.121. The Morgan fingerprint density at radius 3 is 2.05 bits per heavy atom. The van der Waals surface area contributed by atoms with E-state index in [-0.39, 0.29) is 12.1 Å². The summed E-state index contributed by atoms with van der Waals surface area (Å²) in [6.07, 6.45) is 13.7. The summed E-state index contributed by atoms with van der Waals surface area (Å²) >= 11 is 0. The second-order valence-electron chi connectivity index (χ2n) is 7.88. The van der Waals surface area contributed by atoms with Crippen LogP contribution in [0.4, 0.5) is 0 Å². The molecule has 0 amide bonds. The van der Waals surface area contributed by atoms with Crippen molar-refractivity contribution in [2.75, 3.05) is 0 Å². The average Bonchev–Trinajstić information content (AvgIpc) is 2.81. The van der Waals surface area contributed by atoms with E-state index in [2.05, 4.69) is 9.98 Å². The van der Waals surface area contributed by atoms with E-state index in [1.54, 1.807) is 12.2 Å². The Labute approximate surface area is 131 Å². The summed E-state index contributed by atoms with van der Waals surface area (Å²) in [4.78, 5) is 30.4. The van der Waals surface area contributed by atoms with Gasteiger partial charge in [-0.25, -0.2) is 9.59 Å². The van der Waals surface area contributed by atoms with Gasteiger partial charge in [0.25, 0.3) is 0 Å². The van der Waals surface area contributed by atoms with Crippen LogP contribution in [0.15, 0.2) is 9.98 Å². The van der Waals surface area contributed by atoms with Crippen LogP contribution in [0, 0.1) is 35.5 Å². The van der Waals surface area contributed by atoms with Crippen molar-refractivity contribution in [3.63, 3.8) is 0 Å². The van der Waals surface area contributed by atoms with Crippen molar-refractivity contribution in [1.82, 2.24) is 0 Å². The van der Waals surface area contributed by atoms with Crippen LogP contribution in [-0.4, -0.2) is 24.2 Å². The molecule has 0 N–H and O–H groups in total. The van der Waals surface area contributed by atoms with Gasteiger partial charge in [0, 0.05) is 0 Å². The highest BCUT2D eigenvalue weighted by Gasteiger charge is 2.59. The molecule has 8 atom stereocenters. The molecule has 0 spiro atoms. The summed E-state index contributed by atoms with van der Waals surface area (Å²) in [5.41, 5.74) is 0. The molecule has 22 heavy (non-hydrogen) atoms. The molecule has 0 aromatic rings. The first kappa shape index (κ1) is 14.4. The van der Waals surface area contributed by atoms with Gasteiger partial charge < -0.3 is 0 Å². The van der Waals surface area contributed by atoms with Gasteiger partial charge in [-0.15, -0.1) is 0 Å². The average molecular weight is 300 g/mol. The van der Waals surface area contributed by atoms with Gasteiger partial charge in [-0.3, -0.25) is 0 Å². The molecule has 0 radical (unpaired) electrons. The monoisotopic (exact) mass is 300 g/mol. The Balaban J connectivity index is 1.78. The number of carbonyl (C=O) groups excluding carboxylic acids is 2. The van der Waals surface area contributed by atoms with Gasteiger partial charge in [-0.2, -0.15) is 9.98 Å². The maximum absolute atomic E-state index is 11.0. The quantitative estimate of drug-likeness (QED) is 0.580. The third kappa shape index (κ3) is 2.05. The molecule has 4 aliphatic carbocycles. The maximum Gasteiger partial charge on any atom is 0.235 e. The first-order valence-corrected chi connectivity index (χ1v) is 8.99. The van der Waals surface area contributed by atoms with Gasteiger partial charge in [-0.05, 0) is 54.8 Å². The van der Waals surface area contributed by atoms with Crippen molar-refractivity contribution in [2.45, 2.75) is 63.5 Å². The standard InChI is InChI=1S/C18H24N2O2/c21-9-19-17-14-7-2-1-6-13(14)15-11-4-3-5-12(8-11)16(15)18(17)20-10-22/h11-18H,1-8H2. The van der Waals surface area contributed by atoms with E-state index in [4.69, 9.17) is 0 Å². The van der Waals surface area contributed by atoms with E-state index in [1.165, 1.54) is 44.9 Å². The lowest BCUT2D eigenvalue weighted by molar-refractivity contribution is 0.0145. The van der Waals surface area contributed by atoms with Crippen LogP contribution < -0.4 is 0 Å². The molecular weight excluding hydrogens is 276 g/mol. The first-order chi connectivity index (χ1) is 10.8. The third-order valence-electron chi connectivity index (χ3n) is 7.24. The van der Waals surface area contributed by atoms with Crippen LogP contribution >= 0.6 is 0 Å². The van der Waals surface area contributed by atoms with E-state index in [9.17, 15) is 9.59 Å². The molecule has 4 saturated carbocycles. The van der Waals surface area contributed by atoms with Crippen molar-refractivity contribution < 1.29 is 9.59 Å². The molecule has 0 saturated heterocycles. The second-order valence-corrected chi connectivity index (χ2v) is 7.88. The second kappa shape index (κ2) is 5.76. The lowest BCUT2D eigenvalue weighted by Crippen LogP contribution is -2.52. The minimum Gasteiger partial charge on any atom is -0.211 e. The first-order valence-electron chi connectivity index (χ1n) is 8.99. The Kier molecular flexibility index (Phi) is 3.76. The van der Waals surface area contributed by atoms with Gasteiger partial charge in [0.1, 0.15) is 0 Å². The lowest BCUT2D eigenvalue weighted by atomic mass is 9.56. The molecule has 118 valence electrons. The molecule has 2 bridgehead atoms. The van der Waals surface area contributed by atoms with Crippen LogP contribution in [-0.2, 0) is 9.59 Å². The molecule has 4 heteroatoms. The zero-order chi connectivity index (χ0) is 15.1. The highest BCUT2D eigenvalue weighted by atomic mass is 16.1. The summed E-state index contributed by atoms with van der Waals surface area (Å²) in [5.74, 6) is 3.77. The van der Waals surface area contributed by atoms with Crippen LogP contribution in [0.1, 0.15) is 51.4 Å². The Morgan fingerprint density at radius 1 is 0.682 bits per heavy atom. The van der Waals surface area contributed by atoms with Gasteiger partial charge >= 0.3 is 0 Å². The van der Waals surface area contributed by atoms with E-state index >= 15 is 0 Å². The smallest absolute Gasteiger partial charge is 0.211 e. The highest BCUT2D eigenvalue weighted by Crippen LogP contribution is 2.61. The molecular formula is C18H24N2O2. The Hall–Kier alpha value is -1.24. The molecule has 0 aromatic heterocycles. The Morgan fingerprint density at radius 2 is 1.32 bits per heavy atom. The van der Waals surface area contributed by atoms with Crippen LogP contribution in [0.2, 0.25) is 0 Å². The van der Waals surface area contributed by atoms with E-state index in [1.807, 2.05) is 0 Å². The molecule has 4 aliphatic rings. The predicted molar refractivity (Wildman–Crippen MR) is 81.7 cm³/mol. The molecule has 4 rings (SSSR count). The van der Waals surface area contributed by atoms with E-state index in [0.717, 1.165) is 12.3 Å². The van der Waals surface area contributed by atoms with Crippen molar-refractivity contribution in [1.29, 1.82) is 0 Å². The fourth-order valence-electron chi connectivity index (χ4n) is 6.76. The largest absolute Gasteiger partial charge is 0.235 e. The maximum atomic E-state index is 11.0. The topological polar surface area (TPSA) is 58.9 Å². The van der Waals surface area contributed by atoms with Crippen LogP contribution in [0.25, 0.3) is 0 Å². The summed E-state index contributed by atoms with van der Waals surface area (Å²) in [6, 6.07) is -0.235. The summed E-state index contributed by atoms with van der Waals surface area (Å²) in [7, 11) is 0. The third-order valence-corrected chi connectivity index (χ3v) is 7.24. The lowest BCUT2D eigenvalue weighted by Gasteiger charge is -2.50. The van der Waals surface area contributed by atoms with Crippen molar-refractivity contribution in [3.8, 4) is 0 Å². The van der Waals surface area contributed by atoms with Gasteiger partial charge in [0.15, 0.2) is 0 Å². The van der Waals surface area contributed by atoms with Gasteiger partial charge in [-0.1, -0.05) is 32.1 Å². The normalized spacial score (nSPS) is 49.3. The number of hydrogen-bond donors (Lipinski definition) is 0. The van der Waals surface area contributed by atoms with E-state index in [0.29, 0.717) is 29.6 Å². The molecule has 0 heterocycles. The fourth-order valence-corrected chi connectivity index (χ4v) is 6.76. The van der Waals surface area contributed by atoms with Crippen LogP contribution in [0.3, 0.4) is 0 Å². The van der Waals surface area contributed by atoms with Gasteiger partial charge in [0.05, 0.1) is 12.1 Å². The molecule has 0 aromatic carbocycles. The summed E-state index contributed by atoms with van der Waals surface area (Å²) in [5, 5.41) is 0. The number of hydrogen-bond acceptors (Lipinski definition) is 4. The van der Waals surface area contributed by atoms with Gasteiger partial charge in [0.2, 0.25) is 12.2 Å². The number of rotatable bonds is 2. The zero-order valence-electron chi connectivity index (χ0n) is 13.0. The summed E-state index contributed by atoms with van der Waals surface area (Å²) in [6.45, 7) is 0. The van der Waals surface area contributed by atoms with Crippen molar-refractivity contribution in [2.24, 2.45) is 45.5 Å². The molecule has 4 nitrogen and oxygen atoms in total. The van der Waals surface area contributed by atoms with Crippen molar-refractivity contribution >= 4 is 12.2 Å². The molecule has 8 unspecified atom stereocenters. The number of fused-ring (bicyclic) bond motifs is 7. The van der Waals surface area contributed by atoms with Crippen LogP contribution in [0.5, 0.6) is 0 Å². The number of nitrogens with zero attached hydrogens (tertiary/aromatic N) is 2. The summed E-state index contributed by atoms with van der Waals surface area (Å²) < 4.78 is 0. The SMILES string of the molecule is O=C=NC1C2CCCCC2C2C3CCCC(C3)C2C1N=C=O. The van der Waals surface area contributed by atoms with E-state index < -0.39 is 0 Å². The molecule has 4 fully saturated rings. The predicted octanol–water partition coefficient (Wildman–Crippen LogP) is 3.27. The number of isocyanates is 2. The Bertz CT molecular complexity index is 535. The fraction of sp³-hybridized carbons (Fsp3) is 0.889. The number of aliphatic imine (C=N–C) groups is 2. The zero-order valence-corrected chi connectivity index (χ0v) is 13.0. The minimum absolute atomic E-state index is 0.114. The highest BCUT2D eigenvalue weighted by molar-refractivity contribution is 5.37.